The Morgan fingerprint density at radius 1 is 1.37 bits per heavy atom. The molecule has 144 valence electrons. The molecular formula is C17H20FN5O4. The minimum atomic E-state index is -1.01. The molecule has 9 nitrogen and oxygen atoms in total. The molecule has 0 aliphatic carbocycles. The van der Waals surface area contributed by atoms with Crippen LogP contribution in [0, 0.1) is 0 Å². The van der Waals surface area contributed by atoms with E-state index in [0.717, 1.165) is 0 Å². The Bertz CT molecular complexity index is 769. The summed E-state index contributed by atoms with van der Waals surface area (Å²) in [5.41, 5.74) is 0.962. The van der Waals surface area contributed by atoms with Crippen molar-refractivity contribution in [3.8, 4) is 0 Å². The van der Waals surface area contributed by atoms with Crippen molar-refractivity contribution in [3.63, 3.8) is 0 Å². The lowest BCUT2D eigenvalue weighted by Gasteiger charge is -2.18. The SMILES string of the molecule is O=C(CNC(=O)c1cccc(NC2=NCC(F)CN2)c1)N[C@@H]1COC(=O)C1. The number of anilines is 1. The highest BCUT2D eigenvalue weighted by molar-refractivity contribution is 5.99. The average molecular weight is 377 g/mol. The quantitative estimate of drug-likeness (QED) is 0.516. The van der Waals surface area contributed by atoms with Crippen LogP contribution in [-0.2, 0) is 14.3 Å². The number of aliphatic imine (C=N–C) groups is 1. The zero-order valence-electron chi connectivity index (χ0n) is 14.5. The van der Waals surface area contributed by atoms with Gasteiger partial charge in [-0.15, -0.1) is 0 Å². The first-order chi connectivity index (χ1) is 13.0. The second kappa shape index (κ2) is 8.47. The maximum atomic E-state index is 13.1. The van der Waals surface area contributed by atoms with Gasteiger partial charge in [-0.3, -0.25) is 14.4 Å². The zero-order valence-corrected chi connectivity index (χ0v) is 14.5. The summed E-state index contributed by atoms with van der Waals surface area (Å²) >= 11 is 0. The highest BCUT2D eigenvalue weighted by Gasteiger charge is 2.25. The molecule has 1 saturated heterocycles. The maximum Gasteiger partial charge on any atom is 0.308 e. The van der Waals surface area contributed by atoms with Gasteiger partial charge >= 0.3 is 5.97 Å². The number of carbonyl (C=O) groups excluding carboxylic acids is 3. The fourth-order valence-corrected chi connectivity index (χ4v) is 2.62. The number of ether oxygens (including phenoxy) is 1. The van der Waals surface area contributed by atoms with Crippen LogP contribution in [0.1, 0.15) is 16.8 Å². The van der Waals surface area contributed by atoms with E-state index < -0.39 is 18.0 Å². The Balaban J connectivity index is 1.49. The molecule has 3 rings (SSSR count). The van der Waals surface area contributed by atoms with Gasteiger partial charge in [-0.1, -0.05) is 6.07 Å². The van der Waals surface area contributed by atoms with Gasteiger partial charge in [0.1, 0.15) is 12.8 Å². The molecule has 0 spiro atoms. The van der Waals surface area contributed by atoms with E-state index in [0.29, 0.717) is 17.2 Å². The molecule has 0 saturated carbocycles. The Kier molecular flexibility index (Phi) is 5.84. The third kappa shape index (κ3) is 5.40. The number of alkyl halides is 1. The Hall–Kier alpha value is -3.17. The summed E-state index contributed by atoms with van der Waals surface area (Å²) in [5, 5.41) is 10.9. The van der Waals surface area contributed by atoms with Crippen LogP contribution >= 0.6 is 0 Å². The number of guanidine groups is 1. The van der Waals surface area contributed by atoms with E-state index in [-0.39, 0.29) is 44.7 Å². The molecule has 2 atom stereocenters. The number of esters is 1. The summed E-state index contributed by atoms with van der Waals surface area (Å²) in [4.78, 5) is 39.1. The molecule has 2 aliphatic heterocycles. The minimum absolute atomic E-state index is 0.0856. The van der Waals surface area contributed by atoms with Crippen molar-refractivity contribution < 1.29 is 23.5 Å². The molecule has 0 bridgehead atoms. The number of hydrogen-bond donors (Lipinski definition) is 4. The van der Waals surface area contributed by atoms with Crippen LogP contribution in [-0.4, -0.2) is 62.2 Å². The van der Waals surface area contributed by atoms with E-state index in [1.165, 1.54) is 0 Å². The number of halogens is 1. The lowest BCUT2D eigenvalue weighted by Crippen LogP contribution is -2.42. The van der Waals surface area contributed by atoms with Crippen molar-refractivity contribution in [3.05, 3.63) is 29.8 Å². The standard InChI is InChI=1S/C17H20FN5O4/c18-11-6-20-17(21-7-11)23-12-3-1-2-10(4-12)16(26)19-8-14(24)22-13-5-15(25)27-9-13/h1-4,11,13H,5-9H2,(H,19,26)(H,22,24)(H2,20,21,23)/t13-/m0/s1. The van der Waals surface area contributed by atoms with Gasteiger partial charge < -0.3 is 26.0 Å². The zero-order chi connectivity index (χ0) is 19.2. The molecule has 4 N–H and O–H groups in total. The van der Waals surface area contributed by atoms with Crippen LogP contribution in [0.3, 0.4) is 0 Å². The van der Waals surface area contributed by atoms with Crippen LogP contribution in [0.4, 0.5) is 10.1 Å². The lowest BCUT2D eigenvalue weighted by molar-refractivity contribution is -0.138. The molecule has 1 fully saturated rings. The van der Waals surface area contributed by atoms with Crippen molar-refractivity contribution in [1.82, 2.24) is 16.0 Å². The van der Waals surface area contributed by atoms with Gasteiger partial charge in [-0.2, -0.15) is 0 Å². The first-order valence-corrected chi connectivity index (χ1v) is 8.52. The average Bonchev–Trinajstić information content (AvgIpc) is 3.06. The van der Waals surface area contributed by atoms with Crippen LogP contribution in [0.2, 0.25) is 0 Å². The van der Waals surface area contributed by atoms with Crippen LogP contribution < -0.4 is 21.3 Å². The van der Waals surface area contributed by atoms with E-state index in [1.807, 2.05) is 0 Å². The monoisotopic (exact) mass is 377 g/mol. The molecule has 10 heteroatoms. The number of nitrogens with zero attached hydrogens (tertiary/aromatic N) is 1. The van der Waals surface area contributed by atoms with E-state index in [9.17, 15) is 18.8 Å². The molecule has 1 aromatic rings. The normalized spacial score (nSPS) is 21.5. The van der Waals surface area contributed by atoms with Crippen molar-refractivity contribution in [1.29, 1.82) is 0 Å². The fraction of sp³-hybridized carbons (Fsp3) is 0.412. The van der Waals surface area contributed by atoms with Gasteiger partial charge in [0, 0.05) is 11.3 Å². The molecule has 2 heterocycles. The Morgan fingerprint density at radius 2 is 2.22 bits per heavy atom. The molecule has 2 amide bonds. The summed E-state index contributed by atoms with van der Waals surface area (Å²) in [5.74, 6) is -0.737. The lowest BCUT2D eigenvalue weighted by atomic mass is 10.2. The first kappa shape index (κ1) is 18.6. The van der Waals surface area contributed by atoms with Crippen molar-refractivity contribution in [2.75, 3.05) is 31.6 Å². The summed E-state index contributed by atoms with van der Waals surface area (Å²) in [7, 11) is 0. The predicted octanol–water partition coefficient (Wildman–Crippen LogP) is -0.443. The van der Waals surface area contributed by atoms with Gasteiger partial charge in [-0.05, 0) is 18.2 Å². The largest absolute Gasteiger partial charge is 0.463 e. The van der Waals surface area contributed by atoms with E-state index in [4.69, 9.17) is 4.74 Å². The number of amides is 2. The molecule has 0 aromatic heterocycles. The van der Waals surface area contributed by atoms with Gasteiger partial charge in [-0.25, -0.2) is 9.38 Å². The number of carbonyl (C=O) groups is 3. The minimum Gasteiger partial charge on any atom is -0.463 e. The van der Waals surface area contributed by atoms with Crippen molar-refractivity contribution >= 4 is 29.4 Å². The second-order valence-corrected chi connectivity index (χ2v) is 6.21. The van der Waals surface area contributed by atoms with E-state index in [2.05, 4.69) is 26.3 Å². The third-order valence-corrected chi connectivity index (χ3v) is 3.96. The molecule has 1 aromatic carbocycles. The number of cyclic esters (lactones) is 1. The molecule has 2 aliphatic rings. The maximum absolute atomic E-state index is 13.1. The number of rotatable bonds is 5. The van der Waals surface area contributed by atoms with E-state index in [1.54, 1.807) is 24.3 Å². The van der Waals surface area contributed by atoms with Gasteiger partial charge in [0.2, 0.25) is 5.91 Å². The molecule has 27 heavy (non-hydrogen) atoms. The topological polar surface area (TPSA) is 121 Å². The Labute approximate surface area is 154 Å². The van der Waals surface area contributed by atoms with Gasteiger partial charge in [0.05, 0.1) is 32.1 Å². The number of benzene rings is 1. The first-order valence-electron chi connectivity index (χ1n) is 8.52. The highest BCUT2D eigenvalue weighted by atomic mass is 19.1. The predicted molar refractivity (Wildman–Crippen MR) is 95.1 cm³/mol. The van der Waals surface area contributed by atoms with Crippen molar-refractivity contribution in [2.45, 2.75) is 18.6 Å². The molecular weight excluding hydrogens is 357 g/mol. The van der Waals surface area contributed by atoms with Crippen LogP contribution in [0.15, 0.2) is 29.3 Å². The number of hydrogen-bond acceptors (Lipinski definition) is 7. The summed E-state index contributed by atoms with van der Waals surface area (Å²) < 4.78 is 17.8. The molecule has 0 radical (unpaired) electrons. The summed E-state index contributed by atoms with van der Waals surface area (Å²) in [6.07, 6.45) is -0.873. The van der Waals surface area contributed by atoms with Crippen molar-refractivity contribution in [2.24, 2.45) is 4.99 Å². The smallest absolute Gasteiger partial charge is 0.308 e. The Morgan fingerprint density at radius 3 is 2.93 bits per heavy atom. The van der Waals surface area contributed by atoms with Gasteiger partial charge in [0.25, 0.3) is 5.91 Å². The molecule has 1 unspecified atom stereocenters. The second-order valence-electron chi connectivity index (χ2n) is 6.21. The summed E-state index contributed by atoms with van der Waals surface area (Å²) in [6.45, 7) is 0.196. The van der Waals surface area contributed by atoms with Crippen LogP contribution in [0.5, 0.6) is 0 Å². The van der Waals surface area contributed by atoms with E-state index >= 15 is 0 Å². The summed E-state index contributed by atoms with van der Waals surface area (Å²) in [6, 6.07) is 6.27. The van der Waals surface area contributed by atoms with Crippen LogP contribution in [0.25, 0.3) is 0 Å². The number of nitrogens with one attached hydrogen (secondary N) is 4. The third-order valence-electron chi connectivity index (χ3n) is 3.96. The van der Waals surface area contributed by atoms with Gasteiger partial charge in [0.15, 0.2) is 5.96 Å². The highest BCUT2D eigenvalue weighted by Crippen LogP contribution is 2.11. The fourth-order valence-electron chi connectivity index (χ4n) is 2.62.